The molecule has 4 bridgehead atoms. The Labute approximate surface area is 134 Å². The fraction of sp³-hybridized carbons (Fsp3) is 0.444. The number of rotatable bonds is 3. The topological polar surface area (TPSA) is 61.8 Å². The number of hydrogen-bond acceptors (Lipinski definition) is 5. The van der Waals surface area contributed by atoms with Crippen LogP contribution in [0.1, 0.15) is 18.4 Å². The van der Waals surface area contributed by atoms with E-state index in [0.717, 1.165) is 5.56 Å². The minimum Gasteiger partial charge on any atom is -0.431 e. The summed E-state index contributed by atoms with van der Waals surface area (Å²) in [6, 6.07) is 9.96. The molecule has 0 N–H and O–H groups in total. The minimum atomic E-state index is -1.31. The van der Waals surface area contributed by atoms with E-state index < -0.39 is 17.7 Å². The summed E-state index contributed by atoms with van der Waals surface area (Å²) < 4.78 is 16.7. The van der Waals surface area contributed by atoms with Crippen LogP contribution in [0.25, 0.3) is 0 Å². The van der Waals surface area contributed by atoms with Gasteiger partial charge in [-0.1, -0.05) is 30.3 Å². The summed E-state index contributed by atoms with van der Waals surface area (Å²) in [6.45, 7) is 1.78. The number of methoxy groups -OCH3 is 1. The molecule has 1 saturated carbocycles. The number of carbonyl (C=O) groups is 2. The number of ether oxygens (including phenoxy) is 3. The molecule has 5 heteroatoms. The minimum absolute atomic E-state index is 0.0267. The lowest BCUT2D eigenvalue weighted by molar-refractivity contribution is -0.221. The molecule has 23 heavy (non-hydrogen) atoms. The first-order valence-electron chi connectivity index (χ1n) is 7.77. The fourth-order valence-corrected chi connectivity index (χ4v) is 4.42. The van der Waals surface area contributed by atoms with E-state index in [1.165, 1.54) is 14.0 Å². The van der Waals surface area contributed by atoms with Gasteiger partial charge >= 0.3 is 5.97 Å². The molecule has 5 nitrogen and oxygen atoms in total. The van der Waals surface area contributed by atoms with Crippen molar-refractivity contribution in [2.45, 2.75) is 18.6 Å². The van der Waals surface area contributed by atoms with Crippen molar-refractivity contribution in [1.82, 2.24) is 0 Å². The SMILES string of the molecule is CO[C@@]12OC[C@@H]3C(c4ccccc4)[C@@H](C=C(OC(C)=O)[C@@H]31)C2=O. The molecule has 1 heterocycles. The predicted molar refractivity (Wildman–Crippen MR) is 80.2 cm³/mol. The van der Waals surface area contributed by atoms with Crippen LogP contribution in [-0.4, -0.2) is 31.3 Å². The zero-order valence-corrected chi connectivity index (χ0v) is 13.0. The molecule has 1 aromatic carbocycles. The molecule has 4 aliphatic rings. The number of allylic oxidation sites excluding steroid dienone is 1. The van der Waals surface area contributed by atoms with Crippen molar-refractivity contribution in [3.8, 4) is 0 Å². The summed E-state index contributed by atoms with van der Waals surface area (Å²) >= 11 is 0. The van der Waals surface area contributed by atoms with Crippen LogP contribution >= 0.6 is 0 Å². The zero-order valence-electron chi connectivity index (χ0n) is 13.0. The Morgan fingerprint density at radius 1 is 1.30 bits per heavy atom. The second-order valence-corrected chi connectivity index (χ2v) is 6.31. The van der Waals surface area contributed by atoms with Crippen LogP contribution in [0, 0.1) is 17.8 Å². The largest absolute Gasteiger partial charge is 0.431 e. The van der Waals surface area contributed by atoms with Crippen molar-refractivity contribution >= 4 is 11.8 Å². The molecule has 0 amide bonds. The summed E-state index contributed by atoms with van der Waals surface area (Å²) in [4.78, 5) is 24.4. The van der Waals surface area contributed by atoms with E-state index in [0.29, 0.717) is 12.4 Å². The van der Waals surface area contributed by atoms with Gasteiger partial charge in [-0.25, -0.2) is 0 Å². The molecule has 2 fully saturated rings. The van der Waals surface area contributed by atoms with Gasteiger partial charge in [0.05, 0.1) is 18.4 Å². The van der Waals surface area contributed by atoms with E-state index >= 15 is 0 Å². The number of ketones is 1. The molecule has 1 unspecified atom stereocenters. The number of hydrogen-bond donors (Lipinski definition) is 0. The van der Waals surface area contributed by atoms with Crippen LogP contribution in [0.3, 0.4) is 0 Å². The molecule has 1 aliphatic heterocycles. The smallest absolute Gasteiger partial charge is 0.307 e. The quantitative estimate of drug-likeness (QED) is 0.799. The molecule has 3 aliphatic carbocycles. The lowest BCUT2D eigenvalue weighted by Gasteiger charge is -2.48. The molecular formula is C18H18O5. The van der Waals surface area contributed by atoms with Crippen LogP contribution < -0.4 is 0 Å². The second kappa shape index (κ2) is 5.01. The molecule has 1 aromatic rings. The summed E-state index contributed by atoms with van der Waals surface area (Å²) in [5.74, 6) is -1.96. The third kappa shape index (κ3) is 1.87. The number of esters is 1. The van der Waals surface area contributed by atoms with E-state index in [-0.39, 0.29) is 23.5 Å². The Bertz CT molecular complexity index is 695. The first-order valence-corrected chi connectivity index (χ1v) is 7.77. The van der Waals surface area contributed by atoms with Gasteiger partial charge in [-0.05, 0) is 11.6 Å². The maximum atomic E-state index is 13.0. The van der Waals surface area contributed by atoms with Gasteiger partial charge in [-0.15, -0.1) is 0 Å². The highest BCUT2D eigenvalue weighted by molar-refractivity contribution is 5.94. The second-order valence-electron chi connectivity index (χ2n) is 6.31. The number of carbonyl (C=O) groups excluding carboxylic acids is 2. The summed E-state index contributed by atoms with van der Waals surface area (Å²) in [7, 11) is 1.48. The summed E-state index contributed by atoms with van der Waals surface area (Å²) in [5.41, 5.74) is 1.11. The van der Waals surface area contributed by atoms with Crippen LogP contribution in [0.15, 0.2) is 42.2 Å². The highest BCUT2D eigenvalue weighted by Gasteiger charge is 2.69. The highest BCUT2D eigenvalue weighted by Crippen LogP contribution is 2.60. The Balaban J connectivity index is 1.84. The average molecular weight is 314 g/mol. The zero-order chi connectivity index (χ0) is 16.2. The van der Waals surface area contributed by atoms with E-state index in [1.807, 2.05) is 30.3 Å². The maximum absolute atomic E-state index is 13.0. The Morgan fingerprint density at radius 3 is 2.70 bits per heavy atom. The third-order valence-electron chi connectivity index (χ3n) is 5.22. The standard InChI is InChI=1S/C18H18O5/c1-10(19)23-14-8-12-15(11-6-4-3-5-7-11)13-9-22-18(21-2,16(13)14)17(12)20/h3-8,12-13,15-16H,9H2,1-2H3/t12-,13-,15?,16-,18-/m1/s1. The molecule has 0 aromatic heterocycles. The molecule has 0 spiro atoms. The fourth-order valence-electron chi connectivity index (χ4n) is 4.42. The van der Waals surface area contributed by atoms with Gasteiger partial charge < -0.3 is 14.2 Å². The van der Waals surface area contributed by atoms with Crippen molar-refractivity contribution in [3.63, 3.8) is 0 Å². The monoisotopic (exact) mass is 314 g/mol. The van der Waals surface area contributed by atoms with Gasteiger partial charge in [0.15, 0.2) is 5.78 Å². The van der Waals surface area contributed by atoms with Crippen LogP contribution in [0.5, 0.6) is 0 Å². The average Bonchev–Trinajstić information content (AvgIpc) is 2.91. The molecule has 5 atom stereocenters. The van der Waals surface area contributed by atoms with Gasteiger partial charge in [0.2, 0.25) is 5.79 Å². The van der Waals surface area contributed by atoms with Gasteiger partial charge in [0, 0.05) is 25.9 Å². The van der Waals surface area contributed by atoms with Gasteiger partial charge in [0.25, 0.3) is 0 Å². The van der Waals surface area contributed by atoms with E-state index in [9.17, 15) is 9.59 Å². The molecule has 1 saturated heterocycles. The van der Waals surface area contributed by atoms with Crippen molar-refractivity contribution in [1.29, 1.82) is 0 Å². The van der Waals surface area contributed by atoms with Gasteiger partial charge in [0.1, 0.15) is 5.76 Å². The Kier molecular flexibility index (Phi) is 3.18. The molecule has 0 radical (unpaired) electrons. The van der Waals surface area contributed by atoms with Crippen molar-refractivity contribution in [3.05, 3.63) is 47.7 Å². The first-order chi connectivity index (χ1) is 11.1. The third-order valence-corrected chi connectivity index (χ3v) is 5.22. The lowest BCUT2D eigenvalue weighted by Crippen LogP contribution is -2.59. The Morgan fingerprint density at radius 2 is 2.04 bits per heavy atom. The van der Waals surface area contributed by atoms with Crippen LogP contribution in [0.4, 0.5) is 0 Å². The molecule has 5 rings (SSSR count). The van der Waals surface area contributed by atoms with Crippen molar-refractivity contribution < 1.29 is 23.8 Å². The summed E-state index contributed by atoms with van der Waals surface area (Å²) in [6.07, 6.45) is 1.79. The first kappa shape index (κ1) is 14.6. The lowest BCUT2D eigenvalue weighted by atomic mass is 9.58. The highest BCUT2D eigenvalue weighted by atomic mass is 16.7. The van der Waals surface area contributed by atoms with E-state index in [1.54, 1.807) is 6.08 Å². The number of Topliss-reactive ketones (excluding diaryl/α,β-unsaturated/α-hetero) is 1. The van der Waals surface area contributed by atoms with Crippen LogP contribution in [-0.2, 0) is 23.8 Å². The van der Waals surface area contributed by atoms with Crippen LogP contribution in [0.2, 0.25) is 0 Å². The predicted octanol–water partition coefficient (Wildman–Crippen LogP) is 2.04. The summed E-state index contributed by atoms with van der Waals surface area (Å²) in [5, 5.41) is 0. The van der Waals surface area contributed by atoms with Gasteiger partial charge in [-0.2, -0.15) is 0 Å². The van der Waals surface area contributed by atoms with E-state index in [4.69, 9.17) is 14.2 Å². The van der Waals surface area contributed by atoms with Crippen molar-refractivity contribution in [2.24, 2.45) is 17.8 Å². The molecule has 120 valence electrons. The van der Waals surface area contributed by atoms with Crippen molar-refractivity contribution in [2.75, 3.05) is 13.7 Å². The normalized spacial score (nSPS) is 37.7. The van der Waals surface area contributed by atoms with E-state index in [2.05, 4.69) is 0 Å². The van der Waals surface area contributed by atoms with Gasteiger partial charge in [-0.3, -0.25) is 9.59 Å². The Hall–Kier alpha value is -1.98. The molecular weight excluding hydrogens is 296 g/mol. The maximum Gasteiger partial charge on any atom is 0.307 e. The number of benzene rings is 1.